The molecular formula is C8H15BN2. The van der Waals surface area contributed by atoms with E-state index in [-0.39, 0.29) is 5.54 Å². The largest absolute Gasteiger partial charge is 0.268 e. The van der Waals surface area contributed by atoms with E-state index < -0.39 is 0 Å². The molecule has 0 aliphatic rings. The highest BCUT2D eigenvalue weighted by molar-refractivity contribution is 6.31. The number of rotatable bonds is 0. The van der Waals surface area contributed by atoms with Gasteiger partial charge in [-0.1, -0.05) is 0 Å². The molecule has 0 atom stereocenters. The SMILES string of the molecule is Bc1nn(C(C)(C)C)cc1C. The highest BCUT2D eigenvalue weighted by atomic mass is 15.3. The van der Waals surface area contributed by atoms with Crippen LogP contribution in [0.4, 0.5) is 0 Å². The van der Waals surface area contributed by atoms with Gasteiger partial charge in [0, 0.05) is 11.8 Å². The van der Waals surface area contributed by atoms with Crippen LogP contribution in [0.3, 0.4) is 0 Å². The van der Waals surface area contributed by atoms with E-state index in [1.165, 1.54) is 5.56 Å². The molecule has 0 radical (unpaired) electrons. The van der Waals surface area contributed by atoms with Gasteiger partial charge in [-0.2, -0.15) is 5.10 Å². The number of aryl methyl sites for hydroxylation is 1. The van der Waals surface area contributed by atoms with Crippen LogP contribution in [0.1, 0.15) is 26.3 Å². The average Bonchev–Trinajstić information content (AvgIpc) is 2.11. The molecular weight excluding hydrogens is 135 g/mol. The maximum absolute atomic E-state index is 4.40. The summed E-state index contributed by atoms with van der Waals surface area (Å²) in [6.45, 7) is 8.54. The summed E-state index contributed by atoms with van der Waals surface area (Å²) in [6.07, 6.45) is 2.09. The van der Waals surface area contributed by atoms with Gasteiger partial charge in [-0.15, -0.1) is 0 Å². The second kappa shape index (κ2) is 2.40. The molecule has 0 N–H and O–H groups in total. The maximum Gasteiger partial charge on any atom is 0.166 e. The summed E-state index contributed by atoms with van der Waals surface area (Å²) < 4.78 is 2.01. The standard InChI is InChI=1S/C8H15BN2/c1-6-5-11(8(2,3)4)10-7(6)9/h5H,9H2,1-4H3. The van der Waals surface area contributed by atoms with E-state index in [0.717, 1.165) is 5.59 Å². The van der Waals surface area contributed by atoms with Crippen LogP contribution in [0.5, 0.6) is 0 Å². The molecule has 0 saturated heterocycles. The minimum absolute atomic E-state index is 0.110. The molecule has 0 spiro atoms. The number of hydrogen-bond donors (Lipinski definition) is 0. The van der Waals surface area contributed by atoms with Crippen molar-refractivity contribution in [1.82, 2.24) is 9.78 Å². The fourth-order valence-electron chi connectivity index (χ4n) is 0.890. The van der Waals surface area contributed by atoms with Crippen molar-refractivity contribution >= 4 is 13.4 Å². The maximum atomic E-state index is 4.40. The molecule has 0 amide bonds. The smallest absolute Gasteiger partial charge is 0.166 e. The Morgan fingerprint density at radius 3 is 2.18 bits per heavy atom. The molecule has 1 heterocycles. The zero-order valence-corrected chi connectivity index (χ0v) is 7.97. The number of aromatic nitrogens is 2. The van der Waals surface area contributed by atoms with Crippen molar-refractivity contribution in [2.75, 3.05) is 0 Å². The lowest BCUT2D eigenvalue weighted by Crippen LogP contribution is -2.24. The van der Waals surface area contributed by atoms with E-state index in [9.17, 15) is 0 Å². The van der Waals surface area contributed by atoms with Crippen LogP contribution in [0.15, 0.2) is 6.20 Å². The zero-order chi connectivity index (χ0) is 8.65. The first-order valence-electron chi connectivity index (χ1n) is 3.94. The molecule has 2 nitrogen and oxygen atoms in total. The van der Waals surface area contributed by atoms with Crippen molar-refractivity contribution in [2.45, 2.75) is 33.2 Å². The van der Waals surface area contributed by atoms with Gasteiger partial charge in [-0.25, -0.2) is 0 Å². The molecule has 0 bridgehead atoms. The summed E-state index contributed by atoms with van der Waals surface area (Å²) in [4.78, 5) is 0. The van der Waals surface area contributed by atoms with Gasteiger partial charge in [0.2, 0.25) is 0 Å². The van der Waals surface area contributed by atoms with E-state index in [2.05, 4.69) is 39.0 Å². The van der Waals surface area contributed by atoms with E-state index >= 15 is 0 Å². The Balaban J connectivity index is 3.08. The molecule has 3 heteroatoms. The van der Waals surface area contributed by atoms with Crippen molar-refractivity contribution < 1.29 is 0 Å². The number of nitrogens with zero attached hydrogens (tertiary/aromatic N) is 2. The van der Waals surface area contributed by atoms with Gasteiger partial charge in [0.25, 0.3) is 0 Å². The van der Waals surface area contributed by atoms with Crippen molar-refractivity contribution in [2.24, 2.45) is 0 Å². The second-order valence-corrected chi connectivity index (χ2v) is 4.01. The third-order valence-corrected chi connectivity index (χ3v) is 1.83. The third-order valence-electron chi connectivity index (χ3n) is 1.83. The summed E-state index contributed by atoms with van der Waals surface area (Å²) in [7, 11) is 2.04. The highest BCUT2D eigenvalue weighted by Crippen LogP contribution is 2.11. The summed E-state index contributed by atoms with van der Waals surface area (Å²) >= 11 is 0. The van der Waals surface area contributed by atoms with Crippen LogP contribution in [-0.4, -0.2) is 17.6 Å². The van der Waals surface area contributed by atoms with Gasteiger partial charge < -0.3 is 0 Å². The second-order valence-electron chi connectivity index (χ2n) is 4.01. The Hall–Kier alpha value is -0.725. The van der Waals surface area contributed by atoms with Crippen LogP contribution in [0.25, 0.3) is 0 Å². The van der Waals surface area contributed by atoms with Gasteiger partial charge >= 0.3 is 0 Å². The third kappa shape index (κ3) is 1.64. The van der Waals surface area contributed by atoms with Gasteiger partial charge in [-0.3, -0.25) is 4.68 Å². The summed E-state index contributed by atoms with van der Waals surface area (Å²) in [5.74, 6) is 0. The van der Waals surface area contributed by atoms with Crippen molar-refractivity contribution in [1.29, 1.82) is 0 Å². The Kier molecular flexibility index (Phi) is 1.82. The van der Waals surface area contributed by atoms with E-state index in [1.807, 2.05) is 12.5 Å². The van der Waals surface area contributed by atoms with Gasteiger partial charge in [-0.05, 0) is 33.3 Å². The van der Waals surface area contributed by atoms with Crippen LogP contribution in [-0.2, 0) is 5.54 Å². The first-order valence-corrected chi connectivity index (χ1v) is 3.94. The molecule has 0 unspecified atom stereocenters. The minimum atomic E-state index is 0.110. The van der Waals surface area contributed by atoms with Crippen LogP contribution >= 0.6 is 0 Å². The normalized spacial score (nSPS) is 12.0. The fraction of sp³-hybridized carbons (Fsp3) is 0.625. The molecule has 0 aromatic carbocycles. The molecule has 0 aliphatic heterocycles. The van der Waals surface area contributed by atoms with Gasteiger partial charge in [0.15, 0.2) is 7.85 Å². The molecule has 1 aromatic rings. The van der Waals surface area contributed by atoms with E-state index in [4.69, 9.17) is 0 Å². The van der Waals surface area contributed by atoms with Crippen molar-refractivity contribution in [3.63, 3.8) is 0 Å². The summed E-state index contributed by atoms with van der Waals surface area (Å²) in [6, 6.07) is 0. The molecule has 60 valence electrons. The predicted octanol–water partition coefficient (Wildman–Crippen LogP) is 0.205. The van der Waals surface area contributed by atoms with E-state index in [0.29, 0.717) is 0 Å². The monoisotopic (exact) mass is 150 g/mol. The van der Waals surface area contributed by atoms with Crippen LogP contribution in [0.2, 0.25) is 0 Å². The topological polar surface area (TPSA) is 17.8 Å². The molecule has 1 rings (SSSR count). The van der Waals surface area contributed by atoms with Gasteiger partial charge in [0.1, 0.15) is 0 Å². The lowest BCUT2D eigenvalue weighted by molar-refractivity contribution is 0.357. The van der Waals surface area contributed by atoms with Crippen molar-refractivity contribution in [3.05, 3.63) is 11.8 Å². The lowest BCUT2D eigenvalue weighted by Gasteiger charge is -2.18. The lowest BCUT2D eigenvalue weighted by atomic mass is 10.0. The first-order chi connectivity index (χ1) is 4.91. The molecule has 0 fully saturated rings. The summed E-state index contributed by atoms with van der Waals surface area (Å²) in [5.41, 5.74) is 2.50. The minimum Gasteiger partial charge on any atom is -0.268 e. The molecule has 11 heavy (non-hydrogen) atoms. The Bertz CT molecular complexity index is 238. The average molecular weight is 150 g/mol. The van der Waals surface area contributed by atoms with Gasteiger partial charge in [0.05, 0.1) is 5.54 Å². The number of hydrogen-bond acceptors (Lipinski definition) is 1. The molecule has 0 saturated carbocycles. The fourth-order valence-corrected chi connectivity index (χ4v) is 0.890. The zero-order valence-electron chi connectivity index (χ0n) is 7.97. The highest BCUT2D eigenvalue weighted by Gasteiger charge is 2.14. The Labute approximate surface area is 69.0 Å². The van der Waals surface area contributed by atoms with Crippen LogP contribution < -0.4 is 5.59 Å². The van der Waals surface area contributed by atoms with Crippen molar-refractivity contribution in [3.8, 4) is 0 Å². The molecule has 0 aliphatic carbocycles. The van der Waals surface area contributed by atoms with E-state index in [1.54, 1.807) is 0 Å². The Morgan fingerprint density at radius 1 is 1.45 bits per heavy atom. The molecule has 1 aromatic heterocycles. The first kappa shape index (κ1) is 8.37. The predicted molar refractivity (Wildman–Crippen MR) is 50.1 cm³/mol. The van der Waals surface area contributed by atoms with Crippen LogP contribution in [0, 0.1) is 6.92 Å². The quantitative estimate of drug-likeness (QED) is 0.483. The Morgan fingerprint density at radius 2 is 2.00 bits per heavy atom. The summed E-state index contributed by atoms with van der Waals surface area (Å²) in [5, 5.41) is 4.40.